The molecule has 7 nitrogen and oxygen atoms in total. The van der Waals surface area contributed by atoms with Gasteiger partial charge >= 0.3 is 0 Å². The van der Waals surface area contributed by atoms with Gasteiger partial charge in [-0.15, -0.1) is 24.0 Å². The maximum atomic E-state index is 11.9. The number of aliphatic imine (C=N–C) groups is 1. The number of guanidine groups is 1. The van der Waals surface area contributed by atoms with E-state index in [1.54, 1.807) is 25.9 Å². The zero-order valence-electron chi connectivity index (χ0n) is 16.7. The second-order valence-electron chi connectivity index (χ2n) is 8.30. The number of nitrogens with one attached hydrogen (secondary N) is 2. The Balaban J connectivity index is 0.00000261. The smallest absolute Gasteiger partial charge is 0.243 e. The number of carbonyl (C=O) groups is 2. The van der Waals surface area contributed by atoms with Crippen molar-refractivity contribution in [2.24, 2.45) is 16.8 Å². The summed E-state index contributed by atoms with van der Waals surface area (Å²) in [6.07, 6.45) is 7.06. The highest BCUT2D eigenvalue weighted by Gasteiger charge is 2.40. The molecule has 3 rings (SSSR count). The quantitative estimate of drug-likeness (QED) is 0.355. The SMILES string of the molecule is CC(=O)N1CCC(NC(=NCC(=O)N(C)C)NC2CC3CCC2C3)CC1.I. The van der Waals surface area contributed by atoms with Crippen molar-refractivity contribution >= 4 is 41.8 Å². The standard InChI is InChI=1S/C19H33N5O2.HI/c1-13(25)24-8-6-16(7-9-24)21-19(20-12-18(26)23(2)3)22-17-11-14-4-5-15(17)10-14;/h14-17H,4-12H2,1-3H3,(H2,20,21,22);1H. The largest absolute Gasteiger partial charge is 0.354 e. The molecule has 27 heavy (non-hydrogen) atoms. The number of halogens is 1. The minimum Gasteiger partial charge on any atom is -0.354 e. The lowest BCUT2D eigenvalue weighted by Gasteiger charge is -2.33. The van der Waals surface area contributed by atoms with E-state index in [0.717, 1.165) is 43.7 Å². The predicted molar refractivity (Wildman–Crippen MR) is 117 cm³/mol. The molecular formula is C19H34IN5O2. The van der Waals surface area contributed by atoms with Crippen LogP contribution in [-0.4, -0.2) is 73.4 Å². The molecule has 0 aromatic rings. The summed E-state index contributed by atoms with van der Waals surface area (Å²) in [5, 5.41) is 7.14. The summed E-state index contributed by atoms with van der Waals surface area (Å²) in [5.74, 6) is 2.52. The Morgan fingerprint density at radius 1 is 1.07 bits per heavy atom. The van der Waals surface area contributed by atoms with E-state index in [2.05, 4.69) is 15.6 Å². The van der Waals surface area contributed by atoms with Gasteiger partial charge in [0.25, 0.3) is 0 Å². The lowest BCUT2D eigenvalue weighted by Crippen LogP contribution is -2.52. The topological polar surface area (TPSA) is 77.0 Å². The van der Waals surface area contributed by atoms with E-state index < -0.39 is 0 Å². The summed E-state index contributed by atoms with van der Waals surface area (Å²) in [6.45, 7) is 3.36. The van der Waals surface area contributed by atoms with Gasteiger partial charge in [0.15, 0.2) is 5.96 Å². The molecule has 3 fully saturated rings. The van der Waals surface area contributed by atoms with Gasteiger partial charge in [0.05, 0.1) is 0 Å². The van der Waals surface area contributed by atoms with Crippen LogP contribution < -0.4 is 10.6 Å². The Morgan fingerprint density at radius 2 is 1.78 bits per heavy atom. The van der Waals surface area contributed by atoms with Gasteiger partial charge in [-0.3, -0.25) is 9.59 Å². The lowest BCUT2D eigenvalue weighted by atomic mass is 9.95. The minimum absolute atomic E-state index is 0. The predicted octanol–water partition coefficient (Wildman–Crippen LogP) is 1.43. The Morgan fingerprint density at radius 3 is 2.30 bits per heavy atom. The van der Waals surface area contributed by atoms with Crippen LogP contribution in [0.5, 0.6) is 0 Å². The van der Waals surface area contributed by atoms with Crippen molar-refractivity contribution in [3.8, 4) is 0 Å². The van der Waals surface area contributed by atoms with Crippen LogP contribution in [0.25, 0.3) is 0 Å². The lowest BCUT2D eigenvalue weighted by molar-refractivity contribution is -0.130. The number of fused-ring (bicyclic) bond motifs is 2. The van der Waals surface area contributed by atoms with E-state index in [9.17, 15) is 9.59 Å². The zero-order valence-corrected chi connectivity index (χ0v) is 19.1. The molecule has 2 amide bonds. The molecule has 2 bridgehead atoms. The van der Waals surface area contributed by atoms with E-state index >= 15 is 0 Å². The van der Waals surface area contributed by atoms with Crippen LogP contribution in [0.4, 0.5) is 0 Å². The van der Waals surface area contributed by atoms with Crippen LogP contribution in [-0.2, 0) is 9.59 Å². The van der Waals surface area contributed by atoms with Crippen molar-refractivity contribution in [1.29, 1.82) is 0 Å². The Bertz CT molecular complexity index is 560. The van der Waals surface area contributed by atoms with Crippen molar-refractivity contribution in [2.75, 3.05) is 33.7 Å². The Labute approximate surface area is 179 Å². The molecule has 3 aliphatic rings. The van der Waals surface area contributed by atoms with Crippen LogP contribution in [0.15, 0.2) is 4.99 Å². The molecule has 2 aliphatic carbocycles. The summed E-state index contributed by atoms with van der Waals surface area (Å²) in [6, 6.07) is 0.775. The van der Waals surface area contributed by atoms with Gasteiger partial charge in [-0.1, -0.05) is 6.42 Å². The van der Waals surface area contributed by atoms with E-state index in [1.165, 1.54) is 25.7 Å². The second kappa shape index (κ2) is 9.93. The van der Waals surface area contributed by atoms with E-state index in [4.69, 9.17) is 0 Å². The molecule has 1 aliphatic heterocycles. The third-order valence-corrected chi connectivity index (χ3v) is 6.21. The van der Waals surface area contributed by atoms with Crippen LogP contribution in [0.2, 0.25) is 0 Å². The average molecular weight is 491 g/mol. The molecule has 3 atom stereocenters. The molecule has 0 radical (unpaired) electrons. The summed E-state index contributed by atoms with van der Waals surface area (Å²) in [4.78, 5) is 31.5. The summed E-state index contributed by atoms with van der Waals surface area (Å²) >= 11 is 0. The number of hydrogen-bond acceptors (Lipinski definition) is 3. The molecule has 0 aromatic heterocycles. The molecule has 2 saturated carbocycles. The molecule has 1 heterocycles. The third-order valence-electron chi connectivity index (χ3n) is 6.21. The normalized spacial score (nSPS) is 27.9. The fourth-order valence-corrected chi connectivity index (χ4v) is 4.55. The monoisotopic (exact) mass is 491 g/mol. The van der Waals surface area contributed by atoms with Gasteiger partial charge in [-0.05, 0) is 43.9 Å². The number of likely N-dealkylation sites (tertiary alicyclic amines) is 1. The van der Waals surface area contributed by atoms with Crippen molar-refractivity contribution < 1.29 is 9.59 Å². The van der Waals surface area contributed by atoms with Gasteiger partial charge in [0.1, 0.15) is 6.54 Å². The fraction of sp³-hybridized carbons (Fsp3) is 0.842. The molecule has 0 aromatic carbocycles. The first-order valence-electron chi connectivity index (χ1n) is 9.95. The maximum Gasteiger partial charge on any atom is 0.243 e. The highest BCUT2D eigenvalue weighted by Crippen LogP contribution is 2.44. The first-order valence-corrected chi connectivity index (χ1v) is 9.95. The van der Waals surface area contributed by atoms with Crippen molar-refractivity contribution in [2.45, 2.75) is 57.5 Å². The van der Waals surface area contributed by atoms with Crippen LogP contribution in [0, 0.1) is 11.8 Å². The number of hydrogen-bond donors (Lipinski definition) is 2. The first-order chi connectivity index (χ1) is 12.4. The average Bonchev–Trinajstić information content (AvgIpc) is 3.22. The number of amides is 2. The molecule has 154 valence electrons. The number of nitrogens with zero attached hydrogens (tertiary/aromatic N) is 3. The molecule has 3 unspecified atom stereocenters. The summed E-state index contributed by atoms with van der Waals surface area (Å²) in [5.41, 5.74) is 0. The van der Waals surface area contributed by atoms with Gasteiger partial charge < -0.3 is 20.4 Å². The number of piperidine rings is 1. The van der Waals surface area contributed by atoms with Crippen LogP contribution in [0.1, 0.15) is 45.4 Å². The zero-order chi connectivity index (χ0) is 18.7. The summed E-state index contributed by atoms with van der Waals surface area (Å²) < 4.78 is 0. The van der Waals surface area contributed by atoms with Gasteiger partial charge in [-0.2, -0.15) is 0 Å². The van der Waals surface area contributed by atoms with E-state index in [1.807, 2.05) is 4.90 Å². The first kappa shape index (κ1) is 22.2. The highest BCUT2D eigenvalue weighted by atomic mass is 127. The maximum absolute atomic E-state index is 11.9. The number of rotatable bonds is 4. The molecule has 2 N–H and O–H groups in total. The van der Waals surface area contributed by atoms with Gasteiger partial charge in [-0.25, -0.2) is 4.99 Å². The van der Waals surface area contributed by atoms with E-state index in [-0.39, 0.29) is 42.3 Å². The summed E-state index contributed by atoms with van der Waals surface area (Å²) in [7, 11) is 3.51. The van der Waals surface area contributed by atoms with Crippen LogP contribution >= 0.6 is 24.0 Å². The van der Waals surface area contributed by atoms with E-state index in [0.29, 0.717) is 12.1 Å². The molecule has 1 saturated heterocycles. The van der Waals surface area contributed by atoms with Crippen molar-refractivity contribution in [3.63, 3.8) is 0 Å². The van der Waals surface area contributed by atoms with Crippen LogP contribution in [0.3, 0.4) is 0 Å². The fourth-order valence-electron chi connectivity index (χ4n) is 4.55. The minimum atomic E-state index is 0. The Hall–Kier alpha value is -1.06. The van der Waals surface area contributed by atoms with Gasteiger partial charge in [0.2, 0.25) is 11.8 Å². The number of carbonyl (C=O) groups excluding carboxylic acids is 2. The highest BCUT2D eigenvalue weighted by molar-refractivity contribution is 14.0. The van der Waals surface area contributed by atoms with Crippen molar-refractivity contribution in [3.05, 3.63) is 0 Å². The second-order valence-corrected chi connectivity index (χ2v) is 8.30. The third kappa shape index (κ3) is 5.96. The Kier molecular flexibility index (Phi) is 8.18. The number of likely N-dealkylation sites (N-methyl/N-ethyl adjacent to an activating group) is 1. The molecule has 8 heteroatoms. The molecule has 0 spiro atoms. The van der Waals surface area contributed by atoms with Crippen molar-refractivity contribution in [1.82, 2.24) is 20.4 Å². The molecular weight excluding hydrogens is 457 g/mol. The van der Waals surface area contributed by atoms with Gasteiger partial charge in [0, 0.05) is 46.2 Å².